The quantitative estimate of drug-likeness (QED) is 0.547. The summed E-state index contributed by atoms with van der Waals surface area (Å²) in [7, 11) is 2.11. The Morgan fingerprint density at radius 3 is 3.16 bits per heavy atom. The molecule has 1 aliphatic rings. The van der Waals surface area contributed by atoms with Crippen LogP contribution in [-0.2, 0) is 0 Å². The maximum absolute atomic E-state index is 12.0. The van der Waals surface area contributed by atoms with Gasteiger partial charge in [0.25, 0.3) is 5.91 Å². The van der Waals surface area contributed by atoms with Crippen molar-refractivity contribution >= 4 is 11.7 Å². The summed E-state index contributed by atoms with van der Waals surface area (Å²) in [4.78, 5) is 18.3. The molecule has 0 bridgehead atoms. The van der Waals surface area contributed by atoms with Gasteiger partial charge in [0.05, 0.1) is 0 Å². The summed E-state index contributed by atoms with van der Waals surface area (Å²) in [6.45, 7) is 1.79. The minimum Gasteiger partial charge on any atom is -0.350 e. The number of nitrogens with zero attached hydrogens (tertiary/aromatic N) is 2. The fraction of sp³-hybridized carbons (Fsp3) is 0.538. The van der Waals surface area contributed by atoms with E-state index in [2.05, 4.69) is 27.7 Å². The van der Waals surface area contributed by atoms with E-state index in [0.29, 0.717) is 24.0 Å². The van der Waals surface area contributed by atoms with Crippen molar-refractivity contribution in [3.8, 4) is 0 Å². The van der Waals surface area contributed by atoms with Gasteiger partial charge in [-0.3, -0.25) is 4.79 Å². The van der Waals surface area contributed by atoms with Gasteiger partial charge in [-0.15, -0.1) is 0 Å². The van der Waals surface area contributed by atoms with E-state index in [1.165, 1.54) is 12.8 Å². The summed E-state index contributed by atoms with van der Waals surface area (Å²) in [5.74, 6) is 5.68. The second-order valence-corrected chi connectivity index (χ2v) is 4.91. The number of likely N-dealkylation sites (N-methyl/N-ethyl adjacent to an activating group) is 1. The van der Waals surface area contributed by atoms with Crippen molar-refractivity contribution < 1.29 is 4.79 Å². The van der Waals surface area contributed by atoms with Gasteiger partial charge in [-0.1, -0.05) is 6.42 Å². The Kier molecular flexibility index (Phi) is 4.70. The number of carbonyl (C=O) groups is 1. The lowest BCUT2D eigenvalue weighted by molar-refractivity contribution is 0.0928. The molecular formula is C13H21N5O. The molecule has 6 heteroatoms. The Balaban J connectivity index is 1.89. The van der Waals surface area contributed by atoms with Crippen molar-refractivity contribution in [1.82, 2.24) is 15.2 Å². The highest BCUT2D eigenvalue weighted by atomic mass is 16.1. The minimum absolute atomic E-state index is 0.0853. The molecule has 1 unspecified atom stereocenters. The number of hydrogen-bond acceptors (Lipinski definition) is 5. The molecule has 0 aromatic carbocycles. The van der Waals surface area contributed by atoms with Crippen molar-refractivity contribution in [2.24, 2.45) is 5.84 Å². The molecule has 2 rings (SSSR count). The summed E-state index contributed by atoms with van der Waals surface area (Å²) >= 11 is 0. The Bertz CT molecular complexity index is 437. The van der Waals surface area contributed by atoms with Gasteiger partial charge in [0.15, 0.2) is 0 Å². The standard InChI is InChI=1S/C13H21N5O/c1-18-7-3-2-4-11(18)9-16-13(19)10-5-6-15-12(8-10)17-14/h5-6,8,11H,2-4,7,9,14H2,1H3,(H,15,17)(H,16,19). The molecule has 1 amide bonds. The number of nitrogen functional groups attached to an aromatic ring is 1. The van der Waals surface area contributed by atoms with Crippen LogP contribution in [0.3, 0.4) is 0 Å². The molecule has 6 nitrogen and oxygen atoms in total. The maximum atomic E-state index is 12.0. The third-order valence-corrected chi connectivity index (χ3v) is 3.59. The van der Waals surface area contributed by atoms with Gasteiger partial charge in [0.2, 0.25) is 0 Å². The van der Waals surface area contributed by atoms with Gasteiger partial charge in [0, 0.05) is 24.3 Å². The molecular weight excluding hydrogens is 242 g/mol. The smallest absolute Gasteiger partial charge is 0.251 e. The van der Waals surface area contributed by atoms with Crippen molar-refractivity contribution in [3.63, 3.8) is 0 Å². The predicted molar refractivity (Wildman–Crippen MR) is 74.6 cm³/mol. The predicted octanol–water partition coefficient (Wildman–Crippen LogP) is 0.581. The second-order valence-electron chi connectivity index (χ2n) is 4.91. The van der Waals surface area contributed by atoms with E-state index < -0.39 is 0 Å². The zero-order valence-corrected chi connectivity index (χ0v) is 11.2. The molecule has 2 heterocycles. The number of piperidine rings is 1. The summed E-state index contributed by atoms with van der Waals surface area (Å²) < 4.78 is 0. The van der Waals surface area contributed by atoms with Crippen LogP contribution in [0.2, 0.25) is 0 Å². The number of rotatable bonds is 4. The van der Waals surface area contributed by atoms with Crippen molar-refractivity contribution in [1.29, 1.82) is 0 Å². The van der Waals surface area contributed by atoms with Crippen LogP contribution in [-0.4, -0.2) is 42.0 Å². The molecule has 0 spiro atoms. The molecule has 1 aromatic heterocycles. The van der Waals surface area contributed by atoms with E-state index in [1.54, 1.807) is 18.3 Å². The van der Waals surface area contributed by atoms with Crippen molar-refractivity contribution in [2.45, 2.75) is 25.3 Å². The third kappa shape index (κ3) is 3.65. The Hall–Kier alpha value is -1.66. The van der Waals surface area contributed by atoms with Gasteiger partial charge in [-0.25, -0.2) is 10.8 Å². The molecule has 0 saturated carbocycles. The molecule has 1 aromatic rings. The normalized spacial score (nSPS) is 20.0. The first-order valence-electron chi connectivity index (χ1n) is 6.62. The zero-order chi connectivity index (χ0) is 13.7. The Labute approximate surface area is 113 Å². The molecule has 1 fully saturated rings. The summed E-state index contributed by atoms with van der Waals surface area (Å²) in [5.41, 5.74) is 3.01. The molecule has 19 heavy (non-hydrogen) atoms. The molecule has 1 aliphatic heterocycles. The minimum atomic E-state index is -0.0853. The number of hydrazine groups is 1. The second kappa shape index (κ2) is 6.49. The number of aromatic nitrogens is 1. The van der Waals surface area contributed by atoms with Crippen LogP contribution in [0.5, 0.6) is 0 Å². The van der Waals surface area contributed by atoms with E-state index in [-0.39, 0.29) is 5.91 Å². The van der Waals surface area contributed by atoms with Gasteiger partial charge in [-0.2, -0.15) is 0 Å². The number of likely N-dealkylation sites (tertiary alicyclic amines) is 1. The number of pyridine rings is 1. The highest BCUT2D eigenvalue weighted by Gasteiger charge is 2.19. The van der Waals surface area contributed by atoms with Crippen LogP contribution in [0.4, 0.5) is 5.82 Å². The number of anilines is 1. The zero-order valence-electron chi connectivity index (χ0n) is 11.2. The number of amides is 1. The van der Waals surface area contributed by atoms with E-state index in [4.69, 9.17) is 5.84 Å². The van der Waals surface area contributed by atoms with Gasteiger partial charge >= 0.3 is 0 Å². The topological polar surface area (TPSA) is 83.3 Å². The van der Waals surface area contributed by atoms with Crippen LogP contribution in [0.1, 0.15) is 29.6 Å². The fourth-order valence-electron chi connectivity index (χ4n) is 2.37. The maximum Gasteiger partial charge on any atom is 0.251 e. The van der Waals surface area contributed by atoms with Gasteiger partial charge < -0.3 is 15.6 Å². The molecule has 0 radical (unpaired) electrons. The third-order valence-electron chi connectivity index (χ3n) is 3.59. The van der Waals surface area contributed by atoms with Crippen LogP contribution in [0.25, 0.3) is 0 Å². The number of nitrogens with two attached hydrogens (primary N) is 1. The average molecular weight is 263 g/mol. The van der Waals surface area contributed by atoms with Gasteiger partial charge in [-0.05, 0) is 38.6 Å². The van der Waals surface area contributed by atoms with E-state index in [9.17, 15) is 4.79 Å². The van der Waals surface area contributed by atoms with E-state index in [1.807, 2.05) is 0 Å². The van der Waals surface area contributed by atoms with Crippen molar-refractivity contribution in [2.75, 3.05) is 25.6 Å². The number of hydrogen-bond donors (Lipinski definition) is 3. The van der Waals surface area contributed by atoms with E-state index >= 15 is 0 Å². The number of nitrogens with one attached hydrogen (secondary N) is 2. The summed E-state index contributed by atoms with van der Waals surface area (Å²) in [5, 5.41) is 2.97. The van der Waals surface area contributed by atoms with E-state index in [0.717, 1.165) is 13.0 Å². The molecule has 0 aliphatic carbocycles. The molecule has 1 saturated heterocycles. The average Bonchev–Trinajstić information content (AvgIpc) is 2.46. The molecule has 4 N–H and O–H groups in total. The first kappa shape index (κ1) is 13.8. The monoisotopic (exact) mass is 263 g/mol. The van der Waals surface area contributed by atoms with Crippen LogP contribution >= 0.6 is 0 Å². The number of carbonyl (C=O) groups excluding carboxylic acids is 1. The SMILES string of the molecule is CN1CCCCC1CNC(=O)c1ccnc(NN)c1. The molecule has 1 atom stereocenters. The highest BCUT2D eigenvalue weighted by molar-refractivity contribution is 5.94. The first-order valence-corrected chi connectivity index (χ1v) is 6.62. The summed E-state index contributed by atoms with van der Waals surface area (Å²) in [6, 6.07) is 3.76. The van der Waals surface area contributed by atoms with Gasteiger partial charge in [0.1, 0.15) is 5.82 Å². The highest BCUT2D eigenvalue weighted by Crippen LogP contribution is 2.14. The first-order chi connectivity index (χ1) is 9.20. The summed E-state index contributed by atoms with van der Waals surface area (Å²) in [6.07, 6.45) is 5.19. The largest absolute Gasteiger partial charge is 0.350 e. The molecule has 104 valence electrons. The fourth-order valence-corrected chi connectivity index (χ4v) is 2.37. The lowest BCUT2D eigenvalue weighted by Crippen LogP contribution is -2.44. The van der Waals surface area contributed by atoms with Crippen molar-refractivity contribution in [3.05, 3.63) is 23.9 Å². The lowest BCUT2D eigenvalue weighted by Gasteiger charge is -2.32. The van der Waals surface area contributed by atoms with Crippen LogP contribution in [0, 0.1) is 0 Å². The van der Waals surface area contributed by atoms with Crippen LogP contribution in [0.15, 0.2) is 18.3 Å². The lowest BCUT2D eigenvalue weighted by atomic mass is 10.0. The Morgan fingerprint density at radius 1 is 1.58 bits per heavy atom. The Morgan fingerprint density at radius 2 is 2.42 bits per heavy atom. The van der Waals surface area contributed by atoms with Crippen LogP contribution < -0.4 is 16.6 Å².